The maximum atomic E-state index is 13.7. The summed E-state index contributed by atoms with van der Waals surface area (Å²) in [5.41, 5.74) is 4.92. The molecule has 124 valence electrons. The normalized spacial score (nSPS) is 23.1. The Balaban J connectivity index is 2.31. The molecule has 0 aromatic rings. The summed E-state index contributed by atoms with van der Waals surface area (Å²) < 4.78 is 32.4. The summed E-state index contributed by atoms with van der Waals surface area (Å²) in [5, 5.41) is 4.98. The Bertz CT molecular complexity index is 346. The van der Waals surface area contributed by atoms with Crippen molar-refractivity contribution in [2.24, 2.45) is 11.7 Å². The number of ether oxygens (including phenoxy) is 1. The van der Waals surface area contributed by atoms with Gasteiger partial charge in [-0.3, -0.25) is 0 Å². The van der Waals surface area contributed by atoms with Crippen molar-refractivity contribution in [3.8, 4) is 0 Å². The van der Waals surface area contributed by atoms with Gasteiger partial charge in [0.1, 0.15) is 5.60 Å². The van der Waals surface area contributed by atoms with E-state index in [1.165, 1.54) is 0 Å². The number of hydrogen-bond donors (Lipinski definition) is 3. The third-order valence-corrected chi connectivity index (χ3v) is 3.47. The Hall–Kier alpha value is -0.950. The van der Waals surface area contributed by atoms with E-state index in [0.29, 0.717) is 6.54 Å². The number of nitrogens with two attached hydrogens (primary N) is 1. The lowest BCUT2D eigenvalue weighted by atomic mass is 10.0. The van der Waals surface area contributed by atoms with E-state index in [1.807, 2.05) is 0 Å². The highest BCUT2D eigenvalue weighted by Crippen LogP contribution is 2.25. The second-order valence-corrected chi connectivity index (χ2v) is 6.63. The van der Waals surface area contributed by atoms with E-state index in [2.05, 4.69) is 10.6 Å². The fraction of sp³-hybridized carbons (Fsp3) is 0.929. The van der Waals surface area contributed by atoms with Crippen LogP contribution in [0.5, 0.6) is 0 Å². The van der Waals surface area contributed by atoms with E-state index in [0.717, 1.165) is 19.3 Å². The zero-order valence-electron chi connectivity index (χ0n) is 13.0. The van der Waals surface area contributed by atoms with Gasteiger partial charge < -0.3 is 21.1 Å². The molecule has 0 radical (unpaired) electrons. The highest BCUT2D eigenvalue weighted by atomic mass is 19.3. The number of alkyl halides is 2. The van der Waals surface area contributed by atoms with Gasteiger partial charge in [-0.2, -0.15) is 0 Å². The van der Waals surface area contributed by atoms with Gasteiger partial charge in [-0.15, -0.1) is 0 Å². The predicted molar refractivity (Wildman–Crippen MR) is 77.4 cm³/mol. The first-order valence-electron chi connectivity index (χ1n) is 7.41. The van der Waals surface area contributed by atoms with Crippen molar-refractivity contribution < 1.29 is 18.3 Å². The summed E-state index contributed by atoms with van der Waals surface area (Å²) >= 11 is 0. The monoisotopic (exact) mass is 307 g/mol. The van der Waals surface area contributed by atoms with Crippen molar-refractivity contribution in [1.82, 2.24) is 10.6 Å². The molecule has 1 amide bonds. The maximum absolute atomic E-state index is 13.7. The third-order valence-electron chi connectivity index (χ3n) is 3.47. The highest BCUT2D eigenvalue weighted by molar-refractivity contribution is 5.67. The minimum Gasteiger partial charge on any atom is -0.444 e. The molecule has 4 N–H and O–H groups in total. The van der Waals surface area contributed by atoms with E-state index in [4.69, 9.17) is 10.5 Å². The van der Waals surface area contributed by atoms with Gasteiger partial charge in [0.2, 0.25) is 0 Å². The minimum atomic E-state index is -3.02. The second-order valence-electron chi connectivity index (χ2n) is 6.63. The Labute approximate surface area is 125 Å². The number of halogens is 2. The largest absolute Gasteiger partial charge is 0.444 e. The number of amides is 1. The molecule has 2 unspecified atom stereocenters. The van der Waals surface area contributed by atoms with Gasteiger partial charge >= 0.3 is 6.09 Å². The van der Waals surface area contributed by atoms with Gasteiger partial charge in [0, 0.05) is 6.04 Å². The molecule has 21 heavy (non-hydrogen) atoms. The van der Waals surface area contributed by atoms with E-state index >= 15 is 0 Å². The molecule has 1 fully saturated rings. The Morgan fingerprint density at radius 3 is 2.52 bits per heavy atom. The SMILES string of the molecule is CC(C)(C)OC(=O)NCC(F)(F)CNC1CCCC1CN. The first-order valence-corrected chi connectivity index (χ1v) is 7.41. The van der Waals surface area contributed by atoms with Crippen LogP contribution in [0.3, 0.4) is 0 Å². The standard InChI is InChI=1S/C14H27F2N3O2/c1-13(2,3)21-12(20)19-9-14(15,16)8-18-11-6-4-5-10(11)7-17/h10-11,18H,4-9,17H2,1-3H3,(H,19,20). The molecular formula is C14H27F2N3O2. The molecular weight excluding hydrogens is 280 g/mol. The van der Waals surface area contributed by atoms with Crippen molar-refractivity contribution in [3.05, 3.63) is 0 Å². The molecule has 0 saturated heterocycles. The van der Waals surface area contributed by atoms with Crippen LogP contribution in [0.25, 0.3) is 0 Å². The first-order chi connectivity index (χ1) is 9.63. The van der Waals surface area contributed by atoms with Gasteiger partial charge in [0.05, 0.1) is 13.1 Å². The number of alkyl carbamates (subject to hydrolysis) is 1. The zero-order chi connectivity index (χ0) is 16.1. The number of carbonyl (C=O) groups is 1. The van der Waals surface area contributed by atoms with Crippen molar-refractivity contribution in [2.45, 2.75) is 57.6 Å². The van der Waals surface area contributed by atoms with Crippen LogP contribution >= 0.6 is 0 Å². The van der Waals surface area contributed by atoms with Crippen LogP contribution in [-0.2, 0) is 4.74 Å². The second kappa shape index (κ2) is 7.35. The molecule has 0 heterocycles. The van der Waals surface area contributed by atoms with Gasteiger partial charge in [0.25, 0.3) is 5.92 Å². The number of hydrogen-bond acceptors (Lipinski definition) is 4. The van der Waals surface area contributed by atoms with Crippen LogP contribution in [-0.4, -0.2) is 43.3 Å². The van der Waals surface area contributed by atoms with Crippen molar-refractivity contribution in [2.75, 3.05) is 19.6 Å². The highest BCUT2D eigenvalue weighted by Gasteiger charge is 2.33. The van der Waals surface area contributed by atoms with Crippen LogP contribution in [0.4, 0.5) is 13.6 Å². The molecule has 1 saturated carbocycles. The fourth-order valence-corrected chi connectivity index (χ4v) is 2.45. The minimum absolute atomic E-state index is 0.0439. The van der Waals surface area contributed by atoms with Gasteiger partial charge in [-0.25, -0.2) is 13.6 Å². The molecule has 1 aliphatic rings. The summed E-state index contributed by atoms with van der Waals surface area (Å²) in [5.74, 6) is -2.75. The zero-order valence-corrected chi connectivity index (χ0v) is 13.0. The lowest BCUT2D eigenvalue weighted by Crippen LogP contribution is -2.48. The first kappa shape index (κ1) is 18.1. The molecule has 0 aromatic heterocycles. The maximum Gasteiger partial charge on any atom is 0.407 e. The van der Waals surface area contributed by atoms with Gasteiger partial charge in [-0.1, -0.05) is 6.42 Å². The Kier molecular flexibility index (Phi) is 6.34. The molecule has 0 spiro atoms. The van der Waals surface area contributed by atoms with E-state index in [-0.39, 0.29) is 12.0 Å². The predicted octanol–water partition coefficient (Wildman–Crippen LogP) is 1.86. The molecule has 0 aromatic carbocycles. The molecule has 0 bridgehead atoms. The quantitative estimate of drug-likeness (QED) is 0.700. The van der Waals surface area contributed by atoms with E-state index < -0.39 is 30.7 Å². The summed E-state index contributed by atoms with van der Waals surface area (Å²) in [6.07, 6.45) is 2.04. The average molecular weight is 307 g/mol. The topological polar surface area (TPSA) is 76.4 Å². The molecule has 7 heteroatoms. The number of rotatable bonds is 6. The van der Waals surface area contributed by atoms with Crippen molar-refractivity contribution in [1.29, 1.82) is 0 Å². The Morgan fingerprint density at radius 1 is 1.29 bits per heavy atom. The summed E-state index contributed by atoms with van der Waals surface area (Å²) in [4.78, 5) is 11.4. The molecule has 5 nitrogen and oxygen atoms in total. The number of carbonyl (C=O) groups excluding carboxylic acids is 1. The molecule has 0 aliphatic heterocycles. The Morgan fingerprint density at radius 2 is 1.95 bits per heavy atom. The lowest BCUT2D eigenvalue weighted by Gasteiger charge is -2.25. The van der Waals surface area contributed by atoms with Crippen molar-refractivity contribution in [3.63, 3.8) is 0 Å². The number of nitrogens with one attached hydrogen (secondary N) is 2. The van der Waals surface area contributed by atoms with Gasteiger partial charge in [0.15, 0.2) is 0 Å². The smallest absolute Gasteiger partial charge is 0.407 e. The summed E-state index contributed by atoms with van der Waals surface area (Å²) in [6.45, 7) is 4.34. The summed E-state index contributed by atoms with van der Waals surface area (Å²) in [6, 6.07) is 0.0439. The summed E-state index contributed by atoms with van der Waals surface area (Å²) in [7, 11) is 0. The molecule has 1 rings (SSSR count). The van der Waals surface area contributed by atoms with Crippen LogP contribution in [0.2, 0.25) is 0 Å². The molecule has 1 aliphatic carbocycles. The van der Waals surface area contributed by atoms with E-state index in [1.54, 1.807) is 20.8 Å². The third kappa shape index (κ3) is 7.04. The fourth-order valence-electron chi connectivity index (χ4n) is 2.45. The van der Waals surface area contributed by atoms with Crippen LogP contribution in [0, 0.1) is 5.92 Å². The lowest BCUT2D eigenvalue weighted by molar-refractivity contribution is -0.00634. The van der Waals surface area contributed by atoms with Gasteiger partial charge in [-0.05, 0) is 46.1 Å². The van der Waals surface area contributed by atoms with Crippen LogP contribution in [0.1, 0.15) is 40.0 Å². The molecule has 2 atom stereocenters. The average Bonchev–Trinajstić information content (AvgIpc) is 2.80. The van der Waals surface area contributed by atoms with Crippen molar-refractivity contribution >= 4 is 6.09 Å². The van der Waals surface area contributed by atoms with Crippen LogP contribution in [0.15, 0.2) is 0 Å². The van der Waals surface area contributed by atoms with Crippen LogP contribution < -0.4 is 16.4 Å². The van der Waals surface area contributed by atoms with E-state index in [9.17, 15) is 13.6 Å².